The van der Waals surface area contributed by atoms with E-state index in [0.29, 0.717) is 11.3 Å². The van der Waals surface area contributed by atoms with Crippen molar-refractivity contribution >= 4 is 24.0 Å². The van der Waals surface area contributed by atoms with E-state index < -0.39 is 0 Å². The van der Waals surface area contributed by atoms with Crippen LogP contribution in [0.3, 0.4) is 0 Å². The number of nitrogen functional groups attached to an aromatic ring is 1. The number of amides is 1. The summed E-state index contributed by atoms with van der Waals surface area (Å²) in [6, 6.07) is 7.10. The summed E-state index contributed by atoms with van der Waals surface area (Å²) in [5.74, 6) is -0.0228. The van der Waals surface area contributed by atoms with Crippen molar-refractivity contribution in [3.63, 3.8) is 0 Å². The van der Waals surface area contributed by atoms with Crippen molar-refractivity contribution in [1.29, 1.82) is 0 Å². The maximum Gasteiger partial charge on any atom is 0.251 e. The third-order valence-electron chi connectivity index (χ3n) is 3.64. The van der Waals surface area contributed by atoms with Crippen LogP contribution in [-0.2, 0) is 0 Å². The highest BCUT2D eigenvalue weighted by Gasteiger charge is 2.28. The van der Waals surface area contributed by atoms with E-state index in [0.717, 1.165) is 6.54 Å². The Labute approximate surface area is 115 Å². The third-order valence-corrected chi connectivity index (χ3v) is 3.64. The molecule has 1 aromatic carbocycles. The van der Waals surface area contributed by atoms with Crippen molar-refractivity contribution in [3.05, 3.63) is 29.8 Å². The molecule has 18 heavy (non-hydrogen) atoms. The standard InChI is InChI=1S/C14H20N2O.ClH/c1-14(7-2-3-8-14)10-16-13(17)11-5-4-6-12(15)9-11;/h4-6,9H,2-3,7-8,10,15H2,1H3,(H,16,17);1H. The second-order valence-corrected chi connectivity index (χ2v) is 5.33. The van der Waals surface area contributed by atoms with E-state index in [4.69, 9.17) is 5.73 Å². The fourth-order valence-electron chi connectivity index (χ4n) is 2.48. The van der Waals surface area contributed by atoms with Crippen LogP contribution in [0.25, 0.3) is 0 Å². The molecule has 0 unspecified atom stereocenters. The topological polar surface area (TPSA) is 55.1 Å². The number of hydrogen-bond acceptors (Lipinski definition) is 2. The van der Waals surface area contributed by atoms with Crippen LogP contribution in [0, 0.1) is 5.41 Å². The van der Waals surface area contributed by atoms with Crippen molar-refractivity contribution in [2.24, 2.45) is 5.41 Å². The van der Waals surface area contributed by atoms with Crippen LogP contribution in [0.1, 0.15) is 43.0 Å². The molecule has 1 aliphatic carbocycles. The summed E-state index contributed by atoms with van der Waals surface area (Å²) in [4.78, 5) is 11.9. The smallest absolute Gasteiger partial charge is 0.251 e. The lowest BCUT2D eigenvalue weighted by molar-refractivity contribution is 0.0934. The van der Waals surface area contributed by atoms with E-state index >= 15 is 0 Å². The molecule has 0 bridgehead atoms. The van der Waals surface area contributed by atoms with Crippen LogP contribution in [-0.4, -0.2) is 12.5 Å². The normalized spacial score (nSPS) is 16.9. The van der Waals surface area contributed by atoms with Gasteiger partial charge in [-0.1, -0.05) is 25.8 Å². The van der Waals surface area contributed by atoms with Crippen molar-refractivity contribution < 1.29 is 4.79 Å². The second-order valence-electron chi connectivity index (χ2n) is 5.33. The number of benzene rings is 1. The van der Waals surface area contributed by atoms with Gasteiger partial charge in [-0.3, -0.25) is 4.79 Å². The zero-order valence-corrected chi connectivity index (χ0v) is 11.6. The molecule has 0 radical (unpaired) electrons. The maximum absolute atomic E-state index is 11.9. The molecular formula is C14H21ClN2O. The molecule has 0 atom stereocenters. The Bertz CT molecular complexity index is 414. The molecule has 1 saturated carbocycles. The summed E-state index contributed by atoms with van der Waals surface area (Å²) in [5.41, 5.74) is 7.22. The quantitative estimate of drug-likeness (QED) is 0.828. The number of nitrogens with one attached hydrogen (secondary N) is 1. The van der Waals surface area contributed by atoms with Gasteiger partial charge in [0.25, 0.3) is 5.91 Å². The monoisotopic (exact) mass is 268 g/mol. The highest BCUT2D eigenvalue weighted by Crippen LogP contribution is 2.36. The minimum atomic E-state index is -0.0228. The van der Waals surface area contributed by atoms with Crippen LogP contribution >= 0.6 is 12.4 Å². The molecular weight excluding hydrogens is 248 g/mol. The van der Waals surface area contributed by atoms with Crippen molar-refractivity contribution in [1.82, 2.24) is 5.32 Å². The molecule has 4 heteroatoms. The number of halogens is 1. The van der Waals surface area contributed by atoms with Gasteiger partial charge in [0.15, 0.2) is 0 Å². The zero-order chi connectivity index (χ0) is 12.3. The van der Waals surface area contributed by atoms with Gasteiger partial charge in [-0.2, -0.15) is 0 Å². The van der Waals surface area contributed by atoms with Gasteiger partial charge < -0.3 is 11.1 Å². The van der Waals surface area contributed by atoms with Crippen molar-refractivity contribution in [2.45, 2.75) is 32.6 Å². The van der Waals surface area contributed by atoms with Gasteiger partial charge in [0.05, 0.1) is 0 Å². The van der Waals surface area contributed by atoms with Crippen molar-refractivity contribution in [2.75, 3.05) is 12.3 Å². The first-order chi connectivity index (χ1) is 8.09. The molecule has 0 spiro atoms. The van der Waals surface area contributed by atoms with E-state index in [9.17, 15) is 4.79 Å². The summed E-state index contributed by atoms with van der Waals surface area (Å²) in [6.07, 6.45) is 4.99. The fourth-order valence-corrected chi connectivity index (χ4v) is 2.48. The molecule has 3 N–H and O–H groups in total. The van der Waals surface area contributed by atoms with Crippen LogP contribution in [0.4, 0.5) is 5.69 Å². The van der Waals surface area contributed by atoms with E-state index in [1.54, 1.807) is 18.2 Å². The molecule has 1 aliphatic rings. The summed E-state index contributed by atoms with van der Waals surface area (Å²) in [6.45, 7) is 3.01. The third kappa shape index (κ3) is 3.64. The zero-order valence-electron chi connectivity index (χ0n) is 10.7. The lowest BCUT2D eigenvalue weighted by atomic mass is 9.89. The lowest BCUT2D eigenvalue weighted by Crippen LogP contribution is -2.34. The van der Waals surface area contributed by atoms with Crippen molar-refractivity contribution in [3.8, 4) is 0 Å². The molecule has 1 aromatic rings. The Morgan fingerprint density at radius 1 is 1.39 bits per heavy atom. The number of nitrogens with two attached hydrogens (primary N) is 1. The van der Waals surface area contributed by atoms with Gasteiger partial charge in [-0.25, -0.2) is 0 Å². The van der Waals surface area contributed by atoms with Gasteiger partial charge in [0, 0.05) is 17.8 Å². The van der Waals surface area contributed by atoms with E-state index in [1.807, 2.05) is 6.07 Å². The number of carbonyl (C=O) groups is 1. The second kappa shape index (κ2) is 6.10. The SMILES string of the molecule is CC1(CNC(=O)c2cccc(N)c2)CCCC1.Cl. The van der Waals surface area contributed by atoms with Gasteiger partial charge in [0.1, 0.15) is 0 Å². The molecule has 0 aliphatic heterocycles. The summed E-state index contributed by atoms with van der Waals surface area (Å²) < 4.78 is 0. The Balaban J connectivity index is 0.00000162. The summed E-state index contributed by atoms with van der Waals surface area (Å²) >= 11 is 0. The van der Waals surface area contributed by atoms with E-state index in [2.05, 4.69) is 12.2 Å². The number of carbonyl (C=O) groups excluding carboxylic acids is 1. The average Bonchev–Trinajstić information content (AvgIpc) is 2.74. The molecule has 0 heterocycles. The minimum Gasteiger partial charge on any atom is -0.399 e. The first-order valence-electron chi connectivity index (χ1n) is 6.23. The Hall–Kier alpha value is -1.22. The molecule has 0 aromatic heterocycles. The predicted octanol–water partition coefficient (Wildman–Crippen LogP) is 3.00. The molecule has 100 valence electrons. The largest absolute Gasteiger partial charge is 0.399 e. The van der Waals surface area contributed by atoms with Gasteiger partial charge in [0.2, 0.25) is 0 Å². The van der Waals surface area contributed by atoms with E-state index in [1.165, 1.54) is 25.7 Å². The van der Waals surface area contributed by atoms with Crippen LogP contribution in [0.5, 0.6) is 0 Å². The first kappa shape index (κ1) is 14.8. The molecule has 3 nitrogen and oxygen atoms in total. The van der Waals surface area contributed by atoms with Gasteiger partial charge >= 0.3 is 0 Å². The molecule has 1 fully saturated rings. The Morgan fingerprint density at radius 3 is 2.67 bits per heavy atom. The molecule has 1 amide bonds. The lowest BCUT2D eigenvalue weighted by Gasteiger charge is -2.23. The fraction of sp³-hybridized carbons (Fsp3) is 0.500. The number of hydrogen-bond donors (Lipinski definition) is 2. The number of rotatable bonds is 3. The Kier molecular flexibility index (Phi) is 5.03. The van der Waals surface area contributed by atoms with Crippen LogP contribution in [0.2, 0.25) is 0 Å². The molecule has 2 rings (SSSR count). The summed E-state index contributed by atoms with van der Waals surface area (Å²) in [7, 11) is 0. The van der Waals surface area contributed by atoms with Crippen LogP contribution < -0.4 is 11.1 Å². The average molecular weight is 269 g/mol. The Morgan fingerprint density at radius 2 is 2.06 bits per heavy atom. The van der Waals surface area contributed by atoms with E-state index in [-0.39, 0.29) is 23.7 Å². The van der Waals surface area contributed by atoms with Gasteiger partial charge in [-0.15, -0.1) is 12.4 Å². The highest BCUT2D eigenvalue weighted by molar-refractivity contribution is 5.95. The first-order valence-corrected chi connectivity index (χ1v) is 6.23. The minimum absolute atomic E-state index is 0. The predicted molar refractivity (Wildman–Crippen MR) is 77.0 cm³/mol. The molecule has 0 saturated heterocycles. The maximum atomic E-state index is 11.9. The van der Waals surface area contributed by atoms with Crippen LogP contribution in [0.15, 0.2) is 24.3 Å². The number of anilines is 1. The van der Waals surface area contributed by atoms with Gasteiger partial charge in [-0.05, 0) is 36.5 Å². The summed E-state index contributed by atoms with van der Waals surface area (Å²) in [5, 5.41) is 3.01. The highest BCUT2D eigenvalue weighted by atomic mass is 35.5.